The lowest BCUT2D eigenvalue weighted by Gasteiger charge is -2.03. The van der Waals surface area contributed by atoms with E-state index in [2.05, 4.69) is 6.58 Å². The van der Waals surface area contributed by atoms with Gasteiger partial charge >= 0.3 is 0 Å². The highest BCUT2D eigenvalue weighted by atomic mass is 19.1. The van der Waals surface area contributed by atoms with Crippen molar-refractivity contribution in [2.24, 2.45) is 0 Å². The summed E-state index contributed by atoms with van der Waals surface area (Å²) in [6, 6.07) is 0. The van der Waals surface area contributed by atoms with Crippen LogP contribution in [0.3, 0.4) is 0 Å². The summed E-state index contributed by atoms with van der Waals surface area (Å²) in [6.45, 7) is 10.8. The van der Waals surface area contributed by atoms with Crippen molar-refractivity contribution >= 4 is 0 Å². The third kappa shape index (κ3) is 6.14. The molecule has 0 aromatic rings. The predicted molar refractivity (Wildman–Crippen MR) is 56.1 cm³/mol. The minimum atomic E-state index is -0.326. The zero-order valence-electron chi connectivity index (χ0n) is 9.15. The van der Waals surface area contributed by atoms with Crippen molar-refractivity contribution in [2.75, 3.05) is 7.11 Å². The molecule has 0 aliphatic carbocycles. The summed E-state index contributed by atoms with van der Waals surface area (Å²) in [4.78, 5) is 0. The van der Waals surface area contributed by atoms with Crippen molar-refractivity contribution in [1.29, 1.82) is 0 Å². The van der Waals surface area contributed by atoms with E-state index < -0.39 is 0 Å². The minimum Gasteiger partial charge on any atom is -0.494 e. The number of allylic oxidation sites excluding steroid dienone is 4. The molecule has 0 aliphatic rings. The SMILES string of the molecule is C=C/C=C(/OC)C(F)=C(C)C.CC. The summed E-state index contributed by atoms with van der Waals surface area (Å²) >= 11 is 0. The first-order valence-electron chi connectivity index (χ1n) is 4.33. The molecule has 13 heavy (non-hydrogen) atoms. The molecule has 0 rings (SSSR count). The van der Waals surface area contributed by atoms with Crippen LogP contribution in [-0.4, -0.2) is 7.11 Å². The molecule has 76 valence electrons. The average Bonchev–Trinajstić information content (AvgIpc) is 2.16. The highest BCUT2D eigenvalue weighted by Crippen LogP contribution is 2.16. The number of ether oxygens (including phenoxy) is 1. The minimum absolute atomic E-state index is 0.222. The number of hydrogen-bond acceptors (Lipinski definition) is 1. The average molecular weight is 186 g/mol. The van der Waals surface area contributed by atoms with Gasteiger partial charge in [0.25, 0.3) is 0 Å². The van der Waals surface area contributed by atoms with Gasteiger partial charge in [-0.15, -0.1) is 0 Å². The van der Waals surface area contributed by atoms with E-state index in [4.69, 9.17) is 4.74 Å². The van der Waals surface area contributed by atoms with Crippen LogP contribution in [0.25, 0.3) is 0 Å². The Balaban J connectivity index is 0. The lowest BCUT2D eigenvalue weighted by Crippen LogP contribution is -1.88. The number of hydrogen-bond donors (Lipinski definition) is 0. The Bertz CT molecular complexity index is 198. The normalized spacial score (nSPS) is 9.54. The number of methoxy groups -OCH3 is 1. The van der Waals surface area contributed by atoms with Gasteiger partial charge in [0.1, 0.15) is 0 Å². The van der Waals surface area contributed by atoms with Crippen LogP contribution in [0.1, 0.15) is 27.7 Å². The molecule has 0 fully saturated rings. The van der Waals surface area contributed by atoms with E-state index in [1.54, 1.807) is 13.8 Å². The summed E-state index contributed by atoms with van der Waals surface area (Å²) in [5, 5.41) is 0. The van der Waals surface area contributed by atoms with Crippen LogP contribution in [0.2, 0.25) is 0 Å². The van der Waals surface area contributed by atoms with Crippen LogP contribution in [0.15, 0.2) is 35.9 Å². The molecule has 1 nitrogen and oxygen atoms in total. The molecule has 0 spiro atoms. The van der Waals surface area contributed by atoms with Crippen molar-refractivity contribution in [3.8, 4) is 0 Å². The summed E-state index contributed by atoms with van der Waals surface area (Å²) in [6.07, 6.45) is 2.98. The molecule has 2 heteroatoms. The van der Waals surface area contributed by atoms with Crippen LogP contribution >= 0.6 is 0 Å². The maximum Gasteiger partial charge on any atom is 0.163 e. The van der Waals surface area contributed by atoms with Crippen molar-refractivity contribution in [3.05, 3.63) is 35.9 Å². The van der Waals surface area contributed by atoms with E-state index in [1.807, 2.05) is 13.8 Å². The Hall–Kier alpha value is -1.05. The fourth-order valence-electron chi connectivity index (χ4n) is 0.584. The van der Waals surface area contributed by atoms with Gasteiger partial charge in [0.2, 0.25) is 0 Å². The molecule has 0 radical (unpaired) electrons. The monoisotopic (exact) mass is 186 g/mol. The van der Waals surface area contributed by atoms with Crippen molar-refractivity contribution in [3.63, 3.8) is 0 Å². The van der Waals surface area contributed by atoms with E-state index in [1.165, 1.54) is 19.3 Å². The van der Waals surface area contributed by atoms with Gasteiger partial charge in [0.15, 0.2) is 11.6 Å². The van der Waals surface area contributed by atoms with Crippen LogP contribution in [0.4, 0.5) is 4.39 Å². The molecule has 0 N–H and O–H groups in total. The second-order valence-electron chi connectivity index (χ2n) is 2.28. The first kappa shape index (κ1) is 14.5. The third-order valence-electron chi connectivity index (χ3n) is 1.14. The van der Waals surface area contributed by atoms with Crippen molar-refractivity contribution in [2.45, 2.75) is 27.7 Å². The van der Waals surface area contributed by atoms with Crippen molar-refractivity contribution < 1.29 is 9.13 Å². The van der Waals surface area contributed by atoms with Gasteiger partial charge in [0, 0.05) is 0 Å². The van der Waals surface area contributed by atoms with Crippen LogP contribution in [0.5, 0.6) is 0 Å². The van der Waals surface area contributed by atoms with Gasteiger partial charge in [-0.2, -0.15) is 0 Å². The molecule has 0 unspecified atom stereocenters. The summed E-state index contributed by atoms with van der Waals surface area (Å²) in [7, 11) is 1.43. The summed E-state index contributed by atoms with van der Waals surface area (Å²) in [5.41, 5.74) is 0.597. The van der Waals surface area contributed by atoms with Gasteiger partial charge in [-0.1, -0.05) is 26.5 Å². The van der Waals surface area contributed by atoms with E-state index in [0.29, 0.717) is 5.57 Å². The molecular weight excluding hydrogens is 167 g/mol. The largest absolute Gasteiger partial charge is 0.494 e. The first-order chi connectivity index (χ1) is 6.13. The van der Waals surface area contributed by atoms with Crippen molar-refractivity contribution in [1.82, 2.24) is 0 Å². The Morgan fingerprint density at radius 2 is 1.77 bits per heavy atom. The Morgan fingerprint density at radius 3 is 2.00 bits per heavy atom. The quantitative estimate of drug-likeness (QED) is 0.478. The molecule has 0 heterocycles. The van der Waals surface area contributed by atoms with E-state index >= 15 is 0 Å². The maximum absolute atomic E-state index is 13.0. The maximum atomic E-state index is 13.0. The molecule has 0 aliphatic heterocycles. The summed E-state index contributed by atoms with van der Waals surface area (Å²) in [5.74, 6) is -0.104. The third-order valence-corrected chi connectivity index (χ3v) is 1.14. The lowest BCUT2D eigenvalue weighted by molar-refractivity contribution is 0.282. The lowest BCUT2D eigenvalue weighted by atomic mass is 10.2. The van der Waals surface area contributed by atoms with E-state index in [9.17, 15) is 4.39 Å². The molecule has 0 bridgehead atoms. The van der Waals surface area contributed by atoms with Crippen LogP contribution in [-0.2, 0) is 4.74 Å². The van der Waals surface area contributed by atoms with E-state index in [-0.39, 0.29) is 11.6 Å². The van der Waals surface area contributed by atoms with E-state index in [0.717, 1.165) is 0 Å². The fraction of sp³-hybridized carbons (Fsp3) is 0.455. The second kappa shape index (κ2) is 9.04. The first-order valence-corrected chi connectivity index (χ1v) is 4.33. The molecule has 0 saturated carbocycles. The molecule has 0 atom stereocenters. The van der Waals surface area contributed by atoms with Gasteiger partial charge in [-0.05, 0) is 25.5 Å². The van der Waals surface area contributed by atoms with Gasteiger partial charge in [0.05, 0.1) is 7.11 Å². The standard InChI is InChI=1S/C9H13FO.C2H6/c1-5-6-8(11-4)9(10)7(2)3;1-2/h5-6H,1H2,2-4H3;1-2H3/b8-6+;. The highest BCUT2D eigenvalue weighted by molar-refractivity contribution is 5.26. The predicted octanol–water partition coefficient (Wildman–Crippen LogP) is 3.99. The molecule has 0 aromatic heterocycles. The fourth-order valence-corrected chi connectivity index (χ4v) is 0.584. The molecule has 0 aromatic carbocycles. The topological polar surface area (TPSA) is 9.23 Å². The summed E-state index contributed by atoms with van der Waals surface area (Å²) < 4.78 is 17.8. The van der Waals surface area contributed by atoms with Gasteiger partial charge in [-0.3, -0.25) is 0 Å². The van der Waals surface area contributed by atoms with Crippen LogP contribution < -0.4 is 0 Å². The Kier molecular flexibility index (Phi) is 10.1. The molecular formula is C11H19FO. The van der Waals surface area contributed by atoms with Crippen LogP contribution in [0, 0.1) is 0 Å². The number of rotatable bonds is 3. The van der Waals surface area contributed by atoms with Gasteiger partial charge in [-0.25, -0.2) is 4.39 Å². The number of halogens is 1. The zero-order chi connectivity index (χ0) is 10.9. The Labute approximate surface area is 80.6 Å². The highest BCUT2D eigenvalue weighted by Gasteiger charge is 2.03. The zero-order valence-corrected chi connectivity index (χ0v) is 9.15. The molecule has 0 amide bonds. The van der Waals surface area contributed by atoms with Gasteiger partial charge < -0.3 is 4.74 Å². The Morgan fingerprint density at radius 1 is 1.31 bits per heavy atom. The second-order valence-corrected chi connectivity index (χ2v) is 2.28. The molecule has 0 saturated heterocycles. The smallest absolute Gasteiger partial charge is 0.163 e.